The molecule has 0 unspecified atom stereocenters. The van der Waals surface area contributed by atoms with Gasteiger partial charge in [-0.05, 0) is 35.9 Å². The van der Waals surface area contributed by atoms with Crippen molar-refractivity contribution in [2.45, 2.75) is 19.4 Å². The molecule has 2 aromatic carbocycles. The SMILES string of the molecule is CCc1nc2sc([C@H](c3cccc(OC)c3)N3CCN(c4cccc(Cl)c4)CC3)c(O)n2n1. The summed E-state index contributed by atoms with van der Waals surface area (Å²) >= 11 is 7.70. The number of nitrogens with zero attached hydrogens (tertiary/aromatic N) is 5. The first kappa shape index (κ1) is 22.0. The fourth-order valence-electron chi connectivity index (χ4n) is 4.37. The third-order valence-electron chi connectivity index (χ3n) is 6.07. The van der Waals surface area contributed by atoms with Gasteiger partial charge in [0.25, 0.3) is 0 Å². The molecule has 1 aliphatic rings. The third kappa shape index (κ3) is 4.26. The van der Waals surface area contributed by atoms with E-state index in [0.717, 1.165) is 65.3 Å². The minimum atomic E-state index is -0.125. The van der Waals surface area contributed by atoms with Crippen LogP contribution in [0, 0.1) is 0 Å². The van der Waals surface area contributed by atoms with Gasteiger partial charge < -0.3 is 14.7 Å². The number of halogens is 1. The van der Waals surface area contributed by atoms with E-state index < -0.39 is 0 Å². The van der Waals surface area contributed by atoms with E-state index in [1.165, 1.54) is 11.3 Å². The zero-order valence-electron chi connectivity index (χ0n) is 18.6. The van der Waals surface area contributed by atoms with Crippen molar-refractivity contribution in [3.63, 3.8) is 0 Å². The highest BCUT2D eigenvalue weighted by atomic mass is 35.5. The highest BCUT2D eigenvalue weighted by molar-refractivity contribution is 7.17. The van der Waals surface area contributed by atoms with E-state index in [-0.39, 0.29) is 11.9 Å². The Morgan fingerprint density at radius 3 is 2.61 bits per heavy atom. The summed E-state index contributed by atoms with van der Waals surface area (Å²) in [6.07, 6.45) is 0.730. The average Bonchev–Trinajstić information content (AvgIpc) is 3.39. The number of ether oxygens (including phenoxy) is 1. The molecule has 2 aromatic heterocycles. The van der Waals surface area contributed by atoms with E-state index in [1.807, 2.05) is 43.3 Å². The second-order valence-electron chi connectivity index (χ2n) is 8.05. The molecule has 0 aliphatic carbocycles. The van der Waals surface area contributed by atoms with Crippen LogP contribution in [0.2, 0.25) is 5.02 Å². The van der Waals surface area contributed by atoms with Crippen LogP contribution in [0.15, 0.2) is 48.5 Å². The summed E-state index contributed by atoms with van der Waals surface area (Å²) < 4.78 is 7.05. The summed E-state index contributed by atoms with van der Waals surface area (Å²) in [6, 6.07) is 15.9. The van der Waals surface area contributed by atoms with Gasteiger partial charge in [-0.1, -0.05) is 48.1 Å². The number of hydrogen-bond donors (Lipinski definition) is 1. The fourth-order valence-corrected chi connectivity index (χ4v) is 5.69. The number of piperazine rings is 1. The van der Waals surface area contributed by atoms with Gasteiger partial charge in [0.2, 0.25) is 10.8 Å². The van der Waals surface area contributed by atoms with E-state index in [4.69, 9.17) is 16.3 Å². The number of thiazole rings is 1. The van der Waals surface area contributed by atoms with Gasteiger partial charge in [0.15, 0.2) is 5.82 Å². The van der Waals surface area contributed by atoms with E-state index in [9.17, 15) is 5.11 Å². The molecule has 0 amide bonds. The Morgan fingerprint density at radius 2 is 1.91 bits per heavy atom. The molecule has 1 aliphatic heterocycles. The molecule has 0 radical (unpaired) electrons. The maximum absolute atomic E-state index is 11.1. The standard InChI is InChI=1S/C24H26ClN5O2S/c1-3-20-26-24-30(27-20)23(31)22(33-24)21(16-6-4-9-19(14-16)32-2)29-12-10-28(11-13-29)18-8-5-7-17(25)15-18/h4-9,14-15,21,31H,3,10-13H2,1-2H3/t21-/m0/s1. The van der Waals surface area contributed by atoms with Gasteiger partial charge in [-0.2, -0.15) is 4.52 Å². The summed E-state index contributed by atoms with van der Waals surface area (Å²) in [5.74, 6) is 1.69. The maximum atomic E-state index is 11.1. The second kappa shape index (κ2) is 9.21. The Bertz CT molecular complexity index is 1260. The minimum Gasteiger partial charge on any atom is -0.497 e. The molecule has 33 heavy (non-hydrogen) atoms. The van der Waals surface area contributed by atoms with E-state index >= 15 is 0 Å². The van der Waals surface area contributed by atoms with Gasteiger partial charge >= 0.3 is 0 Å². The number of aromatic hydroxyl groups is 1. The fraction of sp³-hybridized carbons (Fsp3) is 0.333. The van der Waals surface area contributed by atoms with Crippen LogP contribution < -0.4 is 9.64 Å². The number of hydrogen-bond acceptors (Lipinski definition) is 7. The molecule has 0 bridgehead atoms. The van der Waals surface area contributed by atoms with Crippen LogP contribution in [0.1, 0.15) is 29.2 Å². The molecule has 1 atom stereocenters. The van der Waals surface area contributed by atoms with Crippen LogP contribution in [0.5, 0.6) is 11.6 Å². The second-order valence-corrected chi connectivity index (χ2v) is 9.49. The molecule has 7 nitrogen and oxygen atoms in total. The van der Waals surface area contributed by atoms with Crippen molar-refractivity contribution in [3.8, 4) is 11.6 Å². The lowest BCUT2D eigenvalue weighted by Crippen LogP contribution is -2.47. The van der Waals surface area contributed by atoms with Crippen molar-refractivity contribution in [2.24, 2.45) is 0 Å². The third-order valence-corrected chi connectivity index (χ3v) is 7.38. The van der Waals surface area contributed by atoms with Crippen LogP contribution in [-0.4, -0.2) is 57.9 Å². The van der Waals surface area contributed by atoms with Crippen molar-refractivity contribution in [3.05, 3.63) is 69.8 Å². The molecule has 4 aromatic rings. The number of aromatic nitrogens is 3. The van der Waals surface area contributed by atoms with Gasteiger partial charge in [0, 0.05) is 43.3 Å². The van der Waals surface area contributed by atoms with Gasteiger partial charge in [-0.25, -0.2) is 4.98 Å². The van der Waals surface area contributed by atoms with Gasteiger partial charge in [-0.3, -0.25) is 4.90 Å². The normalized spacial score (nSPS) is 15.8. The molecule has 0 saturated carbocycles. The van der Waals surface area contributed by atoms with Gasteiger partial charge in [-0.15, -0.1) is 5.10 Å². The highest BCUT2D eigenvalue weighted by Crippen LogP contribution is 2.41. The van der Waals surface area contributed by atoms with Crippen molar-refractivity contribution in [1.29, 1.82) is 0 Å². The van der Waals surface area contributed by atoms with Crippen LogP contribution in [0.25, 0.3) is 4.96 Å². The van der Waals surface area contributed by atoms with Crippen LogP contribution in [0.4, 0.5) is 5.69 Å². The van der Waals surface area contributed by atoms with Crippen LogP contribution in [0.3, 0.4) is 0 Å². The number of rotatable bonds is 6. The predicted molar refractivity (Wildman–Crippen MR) is 132 cm³/mol. The monoisotopic (exact) mass is 483 g/mol. The predicted octanol–water partition coefficient (Wildman–Crippen LogP) is 4.63. The molecule has 1 fully saturated rings. The van der Waals surface area contributed by atoms with Crippen LogP contribution in [-0.2, 0) is 6.42 Å². The molecule has 5 rings (SSSR count). The Labute approximate surface area is 201 Å². The zero-order valence-corrected chi connectivity index (χ0v) is 20.2. The Balaban J connectivity index is 1.49. The molecule has 9 heteroatoms. The molecular weight excluding hydrogens is 458 g/mol. The maximum Gasteiger partial charge on any atom is 0.230 e. The summed E-state index contributed by atoms with van der Waals surface area (Å²) in [7, 11) is 1.67. The Kier molecular flexibility index (Phi) is 6.14. The number of fused-ring (bicyclic) bond motifs is 1. The first-order valence-electron chi connectivity index (χ1n) is 11.0. The van der Waals surface area contributed by atoms with E-state index in [2.05, 4.69) is 32.0 Å². The van der Waals surface area contributed by atoms with Crippen molar-refractivity contribution in [2.75, 3.05) is 38.2 Å². The summed E-state index contributed by atoms with van der Waals surface area (Å²) in [4.78, 5) is 10.9. The first-order valence-corrected chi connectivity index (χ1v) is 12.2. The first-order chi connectivity index (χ1) is 16.1. The van der Waals surface area contributed by atoms with Crippen molar-refractivity contribution in [1.82, 2.24) is 19.5 Å². The quantitative estimate of drug-likeness (QED) is 0.431. The van der Waals surface area contributed by atoms with E-state index in [0.29, 0.717) is 4.96 Å². The average molecular weight is 484 g/mol. The van der Waals surface area contributed by atoms with Crippen molar-refractivity contribution < 1.29 is 9.84 Å². The summed E-state index contributed by atoms with van der Waals surface area (Å²) in [5.41, 5.74) is 2.20. The van der Waals surface area contributed by atoms with E-state index in [1.54, 1.807) is 11.6 Å². The van der Waals surface area contributed by atoms with Crippen molar-refractivity contribution >= 4 is 33.6 Å². The molecule has 3 heterocycles. The van der Waals surface area contributed by atoms with Crippen LogP contribution >= 0.6 is 22.9 Å². The summed E-state index contributed by atoms with van der Waals surface area (Å²) in [5, 5.41) is 16.3. The molecule has 0 spiro atoms. The number of aryl methyl sites for hydroxylation is 1. The Hall–Kier alpha value is -2.81. The molecule has 1 N–H and O–H groups in total. The highest BCUT2D eigenvalue weighted by Gasteiger charge is 2.32. The largest absolute Gasteiger partial charge is 0.497 e. The molecule has 1 saturated heterocycles. The molecular formula is C24H26ClN5O2S. The summed E-state index contributed by atoms with van der Waals surface area (Å²) in [6.45, 7) is 5.41. The number of anilines is 1. The lowest BCUT2D eigenvalue weighted by Gasteiger charge is -2.40. The molecule has 172 valence electrons. The van der Waals surface area contributed by atoms with Gasteiger partial charge in [0.05, 0.1) is 18.0 Å². The number of benzene rings is 2. The topological polar surface area (TPSA) is 66.1 Å². The lowest BCUT2D eigenvalue weighted by molar-refractivity contribution is 0.211. The smallest absolute Gasteiger partial charge is 0.230 e. The lowest BCUT2D eigenvalue weighted by atomic mass is 10.0. The minimum absolute atomic E-state index is 0.125. The number of methoxy groups -OCH3 is 1. The Morgan fingerprint density at radius 1 is 1.12 bits per heavy atom. The van der Waals surface area contributed by atoms with Gasteiger partial charge in [0.1, 0.15) is 5.75 Å². The zero-order chi connectivity index (χ0) is 22.9.